The summed E-state index contributed by atoms with van der Waals surface area (Å²) in [5.41, 5.74) is 0. The van der Waals surface area contributed by atoms with Crippen LogP contribution in [0.1, 0.15) is 19.2 Å². The molecule has 1 fully saturated rings. The van der Waals surface area contributed by atoms with E-state index in [0.29, 0.717) is 24.8 Å². The molecular weight excluding hydrogens is 260 g/mol. The molecule has 20 heavy (non-hydrogen) atoms. The van der Waals surface area contributed by atoms with Crippen molar-refractivity contribution in [1.29, 1.82) is 0 Å². The Balaban J connectivity index is 1.83. The molecule has 2 heterocycles. The highest BCUT2D eigenvalue weighted by Gasteiger charge is 2.27. The van der Waals surface area contributed by atoms with Gasteiger partial charge in [-0.05, 0) is 6.92 Å². The molecule has 0 spiro atoms. The lowest BCUT2D eigenvalue weighted by Gasteiger charge is -2.17. The van der Waals surface area contributed by atoms with Crippen LogP contribution in [-0.2, 0) is 9.59 Å². The van der Waals surface area contributed by atoms with Crippen molar-refractivity contribution in [1.82, 2.24) is 20.2 Å². The van der Waals surface area contributed by atoms with Crippen LogP contribution in [0.25, 0.3) is 0 Å². The van der Waals surface area contributed by atoms with Gasteiger partial charge in [0, 0.05) is 32.2 Å². The molecule has 0 aliphatic carbocycles. The van der Waals surface area contributed by atoms with Crippen LogP contribution >= 0.6 is 0 Å². The topological polar surface area (TPSA) is 84.4 Å². The first-order valence-electron chi connectivity index (χ1n) is 6.53. The Morgan fingerprint density at radius 2 is 2.35 bits per heavy atom. The Morgan fingerprint density at radius 3 is 3.05 bits per heavy atom. The highest BCUT2D eigenvalue weighted by Crippen LogP contribution is 2.16. The van der Waals surface area contributed by atoms with Gasteiger partial charge in [-0.25, -0.2) is 4.98 Å². The zero-order valence-corrected chi connectivity index (χ0v) is 11.6. The van der Waals surface area contributed by atoms with Crippen molar-refractivity contribution in [2.75, 3.05) is 19.6 Å². The summed E-state index contributed by atoms with van der Waals surface area (Å²) in [5.74, 6) is 0.879. The molecule has 1 atom stereocenters. The first-order valence-corrected chi connectivity index (χ1v) is 6.53. The summed E-state index contributed by atoms with van der Waals surface area (Å²) in [7, 11) is 0. The summed E-state index contributed by atoms with van der Waals surface area (Å²) >= 11 is 0. The number of carbonyl (C=O) groups excluding carboxylic acids is 2. The normalized spacial score (nSPS) is 17.9. The lowest BCUT2D eigenvalue weighted by Crippen LogP contribution is -2.39. The molecule has 1 saturated heterocycles. The summed E-state index contributed by atoms with van der Waals surface area (Å²) in [6.07, 6.45) is 2.34. The maximum absolute atomic E-state index is 11.8. The number of amides is 2. The minimum absolute atomic E-state index is 0.0364. The minimum Gasteiger partial charge on any atom is -0.472 e. The van der Waals surface area contributed by atoms with Gasteiger partial charge in [0.05, 0.1) is 13.1 Å². The molecule has 7 nitrogen and oxygen atoms in total. The van der Waals surface area contributed by atoms with Gasteiger partial charge >= 0.3 is 0 Å². The van der Waals surface area contributed by atoms with Gasteiger partial charge in [-0.2, -0.15) is 4.98 Å². The van der Waals surface area contributed by atoms with Crippen molar-refractivity contribution in [3.8, 4) is 5.88 Å². The van der Waals surface area contributed by atoms with Gasteiger partial charge in [0.15, 0.2) is 0 Å². The third-order valence-corrected chi connectivity index (χ3v) is 3.02. The zero-order valence-electron chi connectivity index (χ0n) is 11.6. The van der Waals surface area contributed by atoms with E-state index in [2.05, 4.69) is 15.3 Å². The van der Waals surface area contributed by atoms with Gasteiger partial charge < -0.3 is 15.0 Å². The Kier molecular flexibility index (Phi) is 4.49. The Bertz CT molecular complexity index is 506. The Labute approximate surface area is 117 Å². The van der Waals surface area contributed by atoms with Crippen molar-refractivity contribution < 1.29 is 14.3 Å². The smallest absolute Gasteiger partial charge is 0.242 e. The molecule has 1 aliphatic rings. The molecule has 2 rings (SSSR count). The number of rotatable bonds is 4. The number of hydrogen-bond acceptors (Lipinski definition) is 5. The second-order valence-electron chi connectivity index (χ2n) is 4.72. The number of carbonyl (C=O) groups is 2. The number of aromatic nitrogens is 2. The van der Waals surface area contributed by atoms with Crippen LogP contribution in [0.4, 0.5) is 0 Å². The second-order valence-corrected chi connectivity index (χ2v) is 4.72. The van der Waals surface area contributed by atoms with Crippen LogP contribution in [0.15, 0.2) is 12.3 Å². The molecule has 1 aromatic rings. The van der Waals surface area contributed by atoms with Gasteiger partial charge in [0.25, 0.3) is 0 Å². The van der Waals surface area contributed by atoms with Crippen molar-refractivity contribution in [3.05, 3.63) is 18.1 Å². The number of likely N-dealkylation sites (tertiary alicyclic amines) is 1. The SMILES string of the molecule is CC(=O)NCC(=O)N1CCC(Oc2ccnc(C)n2)C1. The number of nitrogens with one attached hydrogen (secondary N) is 1. The van der Waals surface area contributed by atoms with Crippen molar-refractivity contribution in [2.24, 2.45) is 0 Å². The maximum Gasteiger partial charge on any atom is 0.242 e. The van der Waals surface area contributed by atoms with Gasteiger partial charge in [-0.1, -0.05) is 0 Å². The predicted molar refractivity (Wildman–Crippen MR) is 71.1 cm³/mol. The minimum atomic E-state index is -0.207. The van der Waals surface area contributed by atoms with E-state index in [9.17, 15) is 9.59 Å². The largest absolute Gasteiger partial charge is 0.472 e. The summed E-state index contributed by atoms with van der Waals surface area (Å²) in [6.45, 7) is 4.37. The first kappa shape index (κ1) is 14.2. The molecule has 0 aromatic carbocycles. The standard InChI is InChI=1S/C13H18N4O3/c1-9-14-5-3-12(16-9)20-11-4-6-17(8-11)13(19)7-15-10(2)18/h3,5,11H,4,6-8H2,1-2H3,(H,15,18). The fraction of sp³-hybridized carbons (Fsp3) is 0.538. The highest BCUT2D eigenvalue weighted by atomic mass is 16.5. The van der Waals surface area contributed by atoms with E-state index in [0.717, 1.165) is 6.42 Å². The summed E-state index contributed by atoms with van der Waals surface area (Å²) in [6, 6.07) is 1.70. The van der Waals surface area contributed by atoms with E-state index in [1.54, 1.807) is 24.1 Å². The van der Waals surface area contributed by atoms with Gasteiger partial charge in [-0.3, -0.25) is 9.59 Å². The van der Waals surface area contributed by atoms with E-state index in [1.165, 1.54) is 6.92 Å². The summed E-state index contributed by atoms with van der Waals surface area (Å²) in [4.78, 5) is 32.5. The monoisotopic (exact) mass is 278 g/mol. The lowest BCUT2D eigenvalue weighted by molar-refractivity contribution is -0.131. The first-order chi connectivity index (χ1) is 9.54. The fourth-order valence-electron chi connectivity index (χ4n) is 2.03. The highest BCUT2D eigenvalue weighted by molar-refractivity contribution is 5.83. The molecule has 108 valence electrons. The van der Waals surface area contributed by atoms with Crippen molar-refractivity contribution >= 4 is 11.8 Å². The molecule has 2 amide bonds. The average molecular weight is 278 g/mol. The average Bonchev–Trinajstić information content (AvgIpc) is 2.84. The summed E-state index contributed by atoms with van der Waals surface area (Å²) < 4.78 is 5.73. The van der Waals surface area contributed by atoms with Crippen LogP contribution in [-0.4, -0.2) is 52.4 Å². The third kappa shape index (κ3) is 3.91. The number of ether oxygens (including phenoxy) is 1. The Hall–Kier alpha value is -2.18. The number of nitrogens with zero attached hydrogens (tertiary/aromatic N) is 3. The molecule has 1 aliphatic heterocycles. The molecule has 1 aromatic heterocycles. The number of aryl methyl sites for hydroxylation is 1. The fourth-order valence-corrected chi connectivity index (χ4v) is 2.03. The molecule has 1 unspecified atom stereocenters. The van der Waals surface area contributed by atoms with E-state index in [-0.39, 0.29) is 24.5 Å². The van der Waals surface area contributed by atoms with Crippen molar-refractivity contribution in [3.63, 3.8) is 0 Å². The number of hydrogen-bond donors (Lipinski definition) is 1. The van der Waals surface area contributed by atoms with E-state index >= 15 is 0 Å². The Morgan fingerprint density at radius 1 is 1.55 bits per heavy atom. The summed E-state index contributed by atoms with van der Waals surface area (Å²) in [5, 5.41) is 2.50. The molecule has 0 radical (unpaired) electrons. The van der Waals surface area contributed by atoms with Gasteiger partial charge in [-0.15, -0.1) is 0 Å². The van der Waals surface area contributed by atoms with Crippen LogP contribution in [0.3, 0.4) is 0 Å². The molecule has 0 bridgehead atoms. The lowest BCUT2D eigenvalue weighted by atomic mass is 10.3. The van der Waals surface area contributed by atoms with Crippen LogP contribution in [0, 0.1) is 6.92 Å². The second kappa shape index (κ2) is 6.31. The predicted octanol–water partition coefficient (Wildman–Crippen LogP) is -0.0992. The maximum atomic E-state index is 11.8. The van der Waals surface area contributed by atoms with Gasteiger partial charge in [0.2, 0.25) is 17.7 Å². The molecular formula is C13H18N4O3. The molecule has 0 saturated carbocycles. The van der Waals surface area contributed by atoms with Crippen LogP contribution in [0.5, 0.6) is 5.88 Å². The van der Waals surface area contributed by atoms with Crippen LogP contribution in [0.2, 0.25) is 0 Å². The quantitative estimate of drug-likeness (QED) is 0.831. The third-order valence-electron chi connectivity index (χ3n) is 3.02. The van der Waals surface area contributed by atoms with Crippen molar-refractivity contribution in [2.45, 2.75) is 26.4 Å². The van der Waals surface area contributed by atoms with Crippen LogP contribution < -0.4 is 10.1 Å². The van der Waals surface area contributed by atoms with E-state index in [1.807, 2.05) is 0 Å². The zero-order chi connectivity index (χ0) is 14.5. The van der Waals surface area contributed by atoms with Gasteiger partial charge in [0.1, 0.15) is 11.9 Å². The molecule has 1 N–H and O–H groups in total. The van der Waals surface area contributed by atoms with E-state index < -0.39 is 0 Å². The molecule has 7 heteroatoms. The van der Waals surface area contributed by atoms with E-state index in [4.69, 9.17) is 4.74 Å².